The first-order valence-electron chi connectivity index (χ1n) is 11.8. The van der Waals surface area contributed by atoms with Crippen LogP contribution in [-0.4, -0.2) is 36.0 Å². The number of rotatable bonds is 7. The number of nitrogens with zero attached hydrogens (tertiary/aromatic N) is 4. The Morgan fingerprint density at radius 3 is 2.83 bits per heavy atom. The van der Waals surface area contributed by atoms with Crippen molar-refractivity contribution in [3.8, 4) is 33.9 Å². The van der Waals surface area contributed by atoms with Crippen molar-refractivity contribution in [1.29, 1.82) is 0 Å². The van der Waals surface area contributed by atoms with Gasteiger partial charge in [0.25, 0.3) is 0 Å². The number of benzene rings is 1. The van der Waals surface area contributed by atoms with Crippen LogP contribution in [0.25, 0.3) is 55.8 Å². The SMILES string of the molecule is CCCCC(=O)Nc1cncc(-c2ccc3[nH]nc(-c4nc5c(-c6ccsc6)nccc5[nH]4)c3c2)c1. The van der Waals surface area contributed by atoms with E-state index < -0.39 is 0 Å². The summed E-state index contributed by atoms with van der Waals surface area (Å²) in [4.78, 5) is 29.4. The van der Waals surface area contributed by atoms with Crippen LogP contribution >= 0.6 is 11.3 Å². The summed E-state index contributed by atoms with van der Waals surface area (Å²) in [5.41, 5.74) is 7.82. The summed E-state index contributed by atoms with van der Waals surface area (Å²) < 4.78 is 0. The van der Waals surface area contributed by atoms with E-state index in [2.05, 4.69) is 48.8 Å². The van der Waals surface area contributed by atoms with Crippen LogP contribution in [0.5, 0.6) is 0 Å². The fourth-order valence-corrected chi connectivity index (χ4v) is 4.90. The topological polar surface area (TPSA) is 112 Å². The lowest BCUT2D eigenvalue weighted by Gasteiger charge is -2.07. The Bertz CT molecular complexity index is 1680. The van der Waals surface area contributed by atoms with Crippen molar-refractivity contribution in [3.05, 3.63) is 65.7 Å². The van der Waals surface area contributed by atoms with E-state index in [1.165, 1.54) is 0 Å². The fraction of sp³-hybridized carbons (Fsp3) is 0.148. The lowest BCUT2D eigenvalue weighted by Crippen LogP contribution is -2.11. The number of thiophene rings is 1. The van der Waals surface area contributed by atoms with Gasteiger partial charge in [0.2, 0.25) is 5.91 Å². The van der Waals surface area contributed by atoms with Crippen LogP contribution in [0.3, 0.4) is 0 Å². The molecule has 0 fully saturated rings. The van der Waals surface area contributed by atoms with Gasteiger partial charge in [-0.2, -0.15) is 16.4 Å². The zero-order valence-electron chi connectivity index (χ0n) is 19.6. The Balaban J connectivity index is 1.37. The third kappa shape index (κ3) is 4.14. The van der Waals surface area contributed by atoms with Gasteiger partial charge < -0.3 is 10.3 Å². The highest BCUT2D eigenvalue weighted by molar-refractivity contribution is 7.08. The van der Waals surface area contributed by atoms with E-state index in [0.717, 1.165) is 62.9 Å². The number of aromatic amines is 2. The van der Waals surface area contributed by atoms with E-state index in [0.29, 0.717) is 17.9 Å². The van der Waals surface area contributed by atoms with Crippen molar-refractivity contribution >= 4 is 44.9 Å². The summed E-state index contributed by atoms with van der Waals surface area (Å²) >= 11 is 1.63. The predicted molar refractivity (Wildman–Crippen MR) is 144 cm³/mol. The van der Waals surface area contributed by atoms with Gasteiger partial charge in [-0.05, 0) is 47.7 Å². The third-order valence-electron chi connectivity index (χ3n) is 6.10. The maximum Gasteiger partial charge on any atom is 0.224 e. The Labute approximate surface area is 210 Å². The highest BCUT2D eigenvalue weighted by Gasteiger charge is 2.16. The molecule has 0 saturated carbocycles. The molecule has 0 atom stereocenters. The summed E-state index contributed by atoms with van der Waals surface area (Å²) in [6.45, 7) is 2.07. The Morgan fingerprint density at radius 1 is 1.03 bits per heavy atom. The van der Waals surface area contributed by atoms with Crippen LogP contribution in [0.2, 0.25) is 0 Å². The monoisotopic (exact) mass is 493 g/mol. The summed E-state index contributed by atoms with van der Waals surface area (Å²) in [5, 5.41) is 15.7. The molecule has 0 radical (unpaired) electrons. The van der Waals surface area contributed by atoms with Crippen LogP contribution in [0.1, 0.15) is 26.2 Å². The first kappa shape index (κ1) is 22.1. The maximum atomic E-state index is 12.2. The van der Waals surface area contributed by atoms with Gasteiger partial charge in [-0.1, -0.05) is 19.4 Å². The van der Waals surface area contributed by atoms with Crippen molar-refractivity contribution in [2.45, 2.75) is 26.2 Å². The van der Waals surface area contributed by atoms with Crippen LogP contribution < -0.4 is 5.32 Å². The molecule has 178 valence electrons. The molecule has 0 unspecified atom stereocenters. The first-order valence-corrected chi connectivity index (χ1v) is 12.7. The molecule has 1 amide bonds. The molecule has 5 heterocycles. The molecule has 0 bridgehead atoms. The molecule has 6 rings (SSSR count). The number of carbonyl (C=O) groups is 1. The molecule has 1 aromatic carbocycles. The fourth-order valence-electron chi connectivity index (χ4n) is 4.26. The molecular weight excluding hydrogens is 470 g/mol. The summed E-state index contributed by atoms with van der Waals surface area (Å²) in [6.07, 6.45) is 7.61. The average molecular weight is 494 g/mol. The van der Waals surface area contributed by atoms with E-state index >= 15 is 0 Å². The van der Waals surface area contributed by atoms with Gasteiger partial charge in [0.15, 0.2) is 5.82 Å². The number of fused-ring (bicyclic) bond motifs is 2. The standard InChI is InChI=1S/C27H23N7OS/c1-2-3-4-23(35)30-19-11-18(13-28-14-19)16-5-6-21-20(12-16)25(34-33-21)27-31-22-7-9-29-24(26(22)32-27)17-8-10-36-15-17/h5-15H,2-4H2,1H3,(H,30,35)(H,31,32)(H,33,34). The number of pyridine rings is 2. The number of hydrogen-bond donors (Lipinski definition) is 3. The number of H-pyrrole nitrogens is 2. The molecule has 0 aliphatic carbocycles. The van der Waals surface area contributed by atoms with E-state index in [1.807, 2.05) is 35.7 Å². The molecule has 6 aromatic rings. The van der Waals surface area contributed by atoms with Crippen molar-refractivity contribution in [2.24, 2.45) is 0 Å². The molecular formula is C27H23N7OS. The summed E-state index contributed by atoms with van der Waals surface area (Å²) in [5.74, 6) is 0.678. The van der Waals surface area contributed by atoms with Crippen molar-refractivity contribution in [3.63, 3.8) is 0 Å². The minimum absolute atomic E-state index is 0.00423. The number of imidazole rings is 1. The third-order valence-corrected chi connectivity index (χ3v) is 6.78. The number of anilines is 1. The van der Waals surface area contributed by atoms with Crippen molar-refractivity contribution in [2.75, 3.05) is 5.32 Å². The Hall–Kier alpha value is -4.37. The Kier molecular flexibility index (Phi) is 5.74. The quantitative estimate of drug-likeness (QED) is 0.237. The van der Waals surface area contributed by atoms with E-state index in [1.54, 1.807) is 29.9 Å². The molecule has 0 saturated heterocycles. The highest BCUT2D eigenvalue weighted by Crippen LogP contribution is 2.33. The maximum absolute atomic E-state index is 12.2. The highest BCUT2D eigenvalue weighted by atomic mass is 32.1. The largest absolute Gasteiger partial charge is 0.336 e. The molecule has 8 nitrogen and oxygen atoms in total. The smallest absolute Gasteiger partial charge is 0.224 e. The number of aromatic nitrogens is 6. The van der Waals surface area contributed by atoms with Gasteiger partial charge in [0, 0.05) is 40.7 Å². The number of nitrogens with one attached hydrogen (secondary N) is 3. The molecule has 5 aromatic heterocycles. The Morgan fingerprint density at radius 2 is 1.97 bits per heavy atom. The normalized spacial score (nSPS) is 11.4. The zero-order valence-corrected chi connectivity index (χ0v) is 20.4. The van der Waals surface area contributed by atoms with Crippen LogP contribution in [-0.2, 0) is 4.79 Å². The minimum Gasteiger partial charge on any atom is -0.336 e. The molecule has 9 heteroatoms. The first-order chi connectivity index (χ1) is 17.7. The second kappa shape index (κ2) is 9.35. The summed E-state index contributed by atoms with van der Waals surface area (Å²) in [7, 11) is 0. The summed E-state index contributed by atoms with van der Waals surface area (Å²) in [6, 6.07) is 12.0. The number of unbranched alkanes of at least 4 members (excludes halogenated alkanes) is 1. The number of hydrogen-bond acceptors (Lipinski definition) is 6. The molecule has 3 N–H and O–H groups in total. The van der Waals surface area contributed by atoms with Gasteiger partial charge in [-0.3, -0.25) is 19.9 Å². The van der Waals surface area contributed by atoms with Crippen LogP contribution in [0.15, 0.2) is 65.7 Å². The molecule has 36 heavy (non-hydrogen) atoms. The molecule has 0 aliphatic rings. The van der Waals surface area contributed by atoms with Crippen molar-refractivity contribution < 1.29 is 4.79 Å². The average Bonchev–Trinajstić information content (AvgIpc) is 3.66. The number of carbonyl (C=O) groups excluding carboxylic acids is 1. The number of amides is 1. The van der Waals surface area contributed by atoms with Gasteiger partial charge in [0.05, 0.1) is 28.6 Å². The van der Waals surface area contributed by atoms with Gasteiger partial charge >= 0.3 is 0 Å². The predicted octanol–water partition coefficient (Wildman–Crippen LogP) is 6.42. The van der Waals surface area contributed by atoms with E-state index in [9.17, 15) is 4.79 Å². The second-order valence-electron chi connectivity index (χ2n) is 8.60. The van der Waals surface area contributed by atoms with Crippen LogP contribution in [0.4, 0.5) is 5.69 Å². The minimum atomic E-state index is 0.00423. The lowest BCUT2D eigenvalue weighted by atomic mass is 10.0. The molecule has 0 spiro atoms. The van der Waals surface area contributed by atoms with E-state index in [4.69, 9.17) is 4.98 Å². The van der Waals surface area contributed by atoms with Crippen LogP contribution in [0, 0.1) is 0 Å². The van der Waals surface area contributed by atoms with E-state index in [-0.39, 0.29) is 5.91 Å². The van der Waals surface area contributed by atoms with Gasteiger partial charge in [-0.25, -0.2) is 4.98 Å². The van der Waals surface area contributed by atoms with Crippen molar-refractivity contribution in [1.82, 2.24) is 30.1 Å². The van der Waals surface area contributed by atoms with Gasteiger partial charge in [-0.15, -0.1) is 0 Å². The lowest BCUT2D eigenvalue weighted by molar-refractivity contribution is -0.116. The second-order valence-corrected chi connectivity index (χ2v) is 9.38. The van der Waals surface area contributed by atoms with Gasteiger partial charge in [0.1, 0.15) is 11.2 Å². The molecule has 0 aliphatic heterocycles. The zero-order chi connectivity index (χ0) is 24.5.